The van der Waals surface area contributed by atoms with Gasteiger partial charge in [-0.05, 0) is 30.2 Å². The van der Waals surface area contributed by atoms with Crippen LogP contribution in [0.15, 0.2) is 18.2 Å². The Balaban J connectivity index is 2.63. The Morgan fingerprint density at radius 1 is 1.27 bits per heavy atom. The van der Waals surface area contributed by atoms with Crippen LogP contribution in [-0.2, 0) is 16.0 Å². The minimum Gasteiger partial charge on any atom is -0.481 e. The van der Waals surface area contributed by atoms with Gasteiger partial charge in [-0.1, -0.05) is 11.6 Å². The monoisotopic (exact) mass is 323 g/mol. The summed E-state index contributed by atoms with van der Waals surface area (Å²) in [6, 6.07) is 4.89. The van der Waals surface area contributed by atoms with E-state index in [4.69, 9.17) is 26.2 Å². The van der Waals surface area contributed by atoms with Crippen molar-refractivity contribution < 1.29 is 24.2 Å². The quantitative estimate of drug-likeness (QED) is 0.851. The van der Waals surface area contributed by atoms with Crippen LogP contribution in [0.3, 0.4) is 0 Å². The van der Waals surface area contributed by atoms with Crippen molar-refractivity contribution in [1.82, 2.24) is 4.98 Å². The molecule has 0 atom stereocenters. The van der Waals surface area contributed by atoms with E-state index in [0.717, 1.165) is 0 Å². The summed E-state index contributed by atoms with van der Waals surface area (Å²) in [5.41, 5.74) is 1.42. The summed E-state index contributed by atoms with van der Waals surface area (Å²) in [5.74, 6) is -1.36. The van der Waals surface area contributed by atoms with E-state index in [-0.39, 0.29) is 24.3 Å². The van der Waals surface area contributed by atoms with Gasteiger partial charge in [-0.3, -0.25) is 4.79 Å². The lowest BCUT2D eigenvalue weighted by molar-refractivity contribution is -0.136. The lowest BCUT2D eigenvalue weighted by Crippen LogP contribution is -2.07. The predicted molar refractivity (Wildman–Crippen MR) is 80.6 cm³/mol. The molecule has 7 heteroatoms. The fourth-order valence-electron chi connectivity index (χ4n) is 2.15. The molecule has 0 aliphatic heterocycles. The second kappa shape index (κ2) is 6.62. The number of methoxy groups -OCH3 is 2. The van der Waals surface area contributed by atoms with Gasteiger partial charge in [0, 0.05) is 16.8 Å². The summed E-state index contributed by atoms with van der Waals surface area (Å²) < 4.78 is 9.82. The number of ether oxygens (including phenoxy) is 2. The fourth-order valence-corrected chi connectivity index (χ4v) is 2.40. The van der Waals surface area contributed by atoms with E-state index in [1.807, 2.05) is 0 Å². The van der Waals surface area contributed by atoms with Crippen molar-refractivity contribution in [3.05, 3.63) is 34.3 Å². The molecular formula is C15H14ClNO5. The van der Waals surface area contributed by atoms with Crippen molar-refractivity contribution in [3.63, 3.8) is 0 Å². The molecule has 0 aliphatic rings. The highest BCUT2D eigenvalue weighted by Crippen LogP contribution is 2.29. The van der Waals surface area contributed by atoms with Gasteiger partial charge < -0.3 is 14.6 Å². The smallest absolute Gasteiger partial charge is 0.343 e. The number of hydrogen-bond donors (Lipinski definition) is 1. The standard InChI is InChI=1S/C15H14ClNO5/c1-21-14-11(15(20)22-2)7-9-6-10(16)5-8(13(9)17-14)3-4-12(18)19/h5-7H,3-4H2,1-2H3,(H,18,19). The second-order valence-electron chi connectivity index (χ2n) is 4.57. The summed E-state index contributed by atoms with van der Waals surface area (Å²) in [4.78, 5) is 26.8. The molecule has 0 fully saturated rings. The number of carbonyl (C=O) groups excluding carboxylic acids is 1. The van der Waals surface area contributed by atoms with Crippen molar-refractivity contribution in [2.75, 3.05) is 14.2 Å². The summed E-state index contributed by atoms with van der Waals surface area (Å²) in [6.45, 7) is 0. The van der Waals surface area contributed by atoms with Crippen LogP contribution in [0.2, 0.25) is 5.02 Å². The average molecular weight is 324 g/mol. The summed E-state index contributed by atoms with van der Waals surface area (Å²) in [7, 11) is 2.66. The summed E-state index contributed by atoms with van der Waals surface area (Å²) in [6.07, 6.45) is 0.234. The van der Waals surface area contributed by atoms with Crippen molar-refractivity contribution in [3.8, 4) is 5.88 Å². The molecule has 0 unspecified atom stereocenters. The molecular weight excluding hydrogens is 310 g/mol. The molecule has 0 aliphatic carbocycles. The first-order valence-electron chi connectivity index (χ1n) is 6.43. The molecule has 1 heterocycles. The highest BCUT2D eigenvalue weighted by atomic mass is 35.5. The third-order valence-electron chi connectivity index (χ3n) is 3.13. The Morgan fingerprint density at radius 3 is 2.59 bits per heavy atom. The molecule has 0 bridgehead atoms. The first kappa shape index (κ1) is 16.0. The number of pyridine rings is 1. The minimum absolute atomic E-state index is 0.0435. The number of aryl methyl sites for hydroxylation is 1. The van der Waals surface area contributed by atoms with Crippen LogP contribution in [0.4, 0.5) is 0 Å². The van der Waals surface area contributed by atoms with Crippen molar-refractivity contribution >= 4 is 34.4 Å². The highest BCUT2D eigenvalue weighted by molar-refractivity contribution is 6.31. The molecule has 116 valence electrons. The van der Waals surface area contributed by atoms with E-state index in [0.29, 0.717) is 21.5 Å². The van der Waals surface area contributed by atoms with Gasteiger partial charge in [0.1, 0.15) is 5.56 Å². The molecule has 22 heavy (non-hydrogen) atoms. The van der Waals surface area contributed by atoms with Crippen LogP contribution < -0.4 is 4.74 Å². The predicted octanol–water partition coefficient (Wildman–Crippen LogP) is 2.70. The Bertz CT molecular complexity index is 744. The zero-order valence-corrected chi connectivity index (χ0v) is 12.8. The fraction of sp³-hybridized carbons (Fsp3) is 0.267. The lowest BCUT2D eigenvalue weighted by atomic mass is 10.0. The Hall–Kier alpha value is -2.34. The van der Waals surface area contributed by atoms with Crippen molar-refractivity contribution in [2.45, 2.75) is 12.8 Å². The molecule has 0 spiro atoms. The van der Waals surface area contributed by atoms with Crippen molar-refractivity contribution in [1.29, 1.82) is 0 Å². The normalized spacial score (nSPS) is 10.5. The van der Waals surface area contributed by atoms with Gasteiger partial charge in [-0.2, -0.15) is 0 Å². The molecule has 0 radical (unpaired) electrons. The number of fused-ring (bicyclic) bond motifs is 1. The van der Waals surface area contributed by atoms with Crippen LogP contribution in [0.5, 0.6) is 5.88 Å². The number of hydrogen-bond acceptors (Lipinski definition) is 5. The lowest BCUT2D eigenvalue weighted by Gasteiger charge is -2.11. The maximum atomic E-state index is 11.8. The van der Waals surface area contributed by atoms with E-state index in [1.165, 1.54) is 14.2 Å². The molecule has 0 saturated carbocycles. The number of benzene rings is 1. The molecule has 0 saturated heterocycles. The average Bonchev–Trinajstić information content (AvgIpc) is 2.50. The van der Waals surface area contributed by atoms with E-state index in [9.17, 15) is 9.59 Å². The van der Waals surface area contributed by atoms with Gasteiger partial charge in [-0.15, -0.1) is 0 Å². The number of rotatable bonds is 5. The topological polar surface area (TPSA) is 85.7 Å². The van der Waals surface area contributed by atoms with Crippen LogP contribution in [0.1, 0.15) is 22.3 Å². The van der Waals surface area contributed by atoms with E-state index >= 15 is 0 Å². The zero-order valence-electron chi connectivity index (χ0n) is 12.1. The third-order valence-corrected chi connectivity index (χ3v) is 3.35. The SMILES string of the molecule is COC(=O)c1cc2cc(Cl)cc(CCC(=O)O)c2nc1OC. The summed E-state index contributed by atoms with van der Waals surface area (Å²) in [5, 5.41) is 9.89. The zero-order chi connectivity index (χ0) is 16.3. The maximum absolute atomic E-state index is 11.8. The van der Waals surface area contributed by atoms with Gasteiger partial charge in [0.15, 0.2) is 0 Å². The molecule has 1 aromatic carbocycles. The van der Waals surface area contributed by atoms with Crippen LogP contribution in [-0.4, -0.2) is 36.2 Å². The number of aliphatic carboxylic acids is 1. The largest absolute Gasteiger partial charge is 0.481 e. The van der Waals surface area contributed by atoms with Crippen LogP contribution in [0.25, 0.3) is 10.9 Å². The number of halogens is 1. The molecule has 2 rings (SSSR count). The van der Waals surface area contributed by atoms with Gasteiger partial charge in [0.25, 0.3) is 0 Å². The summed E-state index contributed by atoms with van der Waals surface area (Å²) >= 11 is 6.06. The molecule has 1 aromatic heterocycles. The Morgan fingerprint density at radius 2 is 2.00 bits per heavy atom. The van der Waals surface area contributed by atoms with Gasteiger partial charge >= 0.3 is 11.9 Å². The number of carboxylic acids is 1. The van der Waals surface area contributed by atoms with E-state index in [2.05, 4.69) is 4.98 Å². The first-order chi connectivity index (χ1) is 10.5. The third kappa shape index (κ3) is 3.28. The maximum Gasteiger partial charge on any atom is 0.343 e. The number of carbonyl (C=O) groups is 2. The van der Waals surface area contributed by atoms with Gasteiger partial charge in [0.05, 0.1) is 19.7 Å². The number of aromatic nitrogens is 1. The van der Waals surface area contributed by atoms with E-state index in [1.54, 1.807) is 18.2 Å². The van der Waals surface area contributed by atoms with Crippen molar-refractivity contribution in [2.24, 2.45) is 0 Å². The highest BCUT2D eigenvalue weighted by Gasteiger charge is 2.17. The number of esters is 1. The molecule has 2 aromatic rings. The molecule has 6 nitrogen and oxygen atoms in total. The number of carboxylic acid groups (broad SMARTS) is 1. The second-order valence-corrected chi connectivity index (χ2v) is 5.00. The molecule has 1 N–H and O–H groups in total. The van der Waals surface area contributed by atoms with Gasteiger partial charge in [0.2, 0.25) is 5.88 Å². The number of nitrogens with zero attached hydrogens (tertiary/aromatic N) is 1. The molecule has 0 amide bonds. The minimum atomic E-state index is -0.911. The Labute approximate surface area is 131 Å². The van der Waals surface area contributed by atoms with Gasteiger partial charge in [-0.25, -0.2) is 9.78 Å². The first-order valence-corrected chi connectivity index (χ1v) is 6.81. The van der Waals surface area contributed by atoms with Crippen LogP contribution >= 0.6 is 11.6 Å². The Kier molecular flexibility index (Phi) is 4.82. The van der Waals surface area contributed by atoms with Crippen LogP contribution in [0, 0.1) is 0 Å². The van der Waals surface area contributed by atoms with E-state index < -0.39 is 11.9 Å².